The van der Waals surface area contributed by atoms with E-state index in [-0.39, 0.29) is 6.41 Å². The first-order valence-corrected chi connectivity index (χ1v) is 3.02. The van der Waals surface area contributed by atoms with Crippen LogP contribution >= 0.6 is 0 Å². The largest absolute Gasteiger partial charge is 0.372 e. The predicted octanol–water partition coefficient (Wildman–Crippen LogP) is -0.0333. The number of carbonyl (C=O) groups is 1. The van der Waals surface area contributed by atoms with Crippen molar-refractivity contribution in [3.8, 4) is 12.8 Å². The fourth-order valence-corrected chi connectivity index (χ4v) is 0.250. The molecule has 0 atom stereocenters. The van der Waals surface area contributed by atoms with Crippen LogP contribution in [0.15, 0.2) is 0 Å². The van der Waals surface area contributed by atoms with Gasteiger partial charge in [0.1, 0.15) is 0 Å². The lowest BCUT2D eigenvalue weighted by Gasteiger charge is -1.86. The second-order valence-corrected chi connectivity index (χ2v) is 1.09. The fraction of sp³-hybridized carbons (Fsp3) is 0.571. The minimum atomic E-state index is 0.250. The van der Waals surface area contributed by atoms with Gasteiger partial charge in [0.15, 0.2) is 0 Å². The van der Waals surface area contributed by atoms with Gasteiger partial charge in [0.05, 0.1) is 0 Å². The molecule has 0 radical (unpaired) electrons. The first-order chi connectivity index (χ1) is 4.83. The highest BCUT2D eigenvalue weighted by atomic mass is 16.1. The Morgan fingerprint density at radius 2 is 1.60 bits per heavy atom. The van der Waals surface area contributed by atoms with E-state index in [0.29, 0.717) is 0 Å². The van der Waals surface area contributed by atoms with Crippen molar-refractivity contribution in [3.63, 3.8) is 0 Å². The molecule has 0 saturated carbocycles. The zero-order valence-corrected chi connectivity index (χ0v) is 6.63. The normalized spacial score (nSPS) is 5.60. The molecule has 0 aromatic carbocycles. The summed E-state index contributed by atoms with van der Waals surface area (Å²) in [4.78, 5) is 8.58. The third-order valence-corrected chi connectivity index (χ3v) is 0.500. The summed E-state index contributed by atoms with van der Waals surface area (Å²) in [5.74, 6) is 0. The summed E-state index contributed by atoms with van der Waals surface area (Å²) in [6.45, 7) is 6.39. The van der Waals surface area contributed by atoms with Gasteiger partial charge in [-0.3, -0.25) is 4.79 Å². The minimum absolute atomic E-state index is 0.250. The van der Waals surface area contributed by atoms with Crippen molar-refractivity contribution < 1.29 is 4.79 Å². The van der Waals surface area contributed by atoms with Gasteiger partial charge in [-0.05, 0) is 13.1 Å². The summed E-state index contributed by atoms with van der Waals surface area (Å²) >= 11 is 0. The molecule has 3 nitrogen and oxygen atoms in total. The maximum absolute atomic E-state index is 8.58. The minimum Gasteiger partial charge on any atom is -0.372 e. The van der Waals surface area contributed by atoms with Gasteiger partial charge in [-0.25, -0.2) is 0 Å². The van der Waals surface area contributed by atoms with Crippen LogP contribution in [0.2, 0.25) is 0 Å². The van der Waals surface area contributed by atoms with E-state index in [4.69, 9.17) is 4.79 Å². The maximum atomic E-state index is 8.58. The van der Waals surface area contributed by atoms with Crippen LogP contribution < -0.4 is 11.1 Å². The van der Waals surface area contributed by atoms with Crippen LogP contribution in [0.25, 0.3) is 0 Å². The first kappa shape index (κ1) is 16.0. The quantitative estimate of drug-likeness (QED) is 0.422. The fourth-order valence-electron chi connectivity index (χ4n) is 0.250. The molecule has 0 aliphatic heterocycles. The van der Waals surface area contributed by atoms with Gasteiger partial charge in [-0.1, -0.05) is 13.8 Å². The SMILES string of the molecule is C#C.CCNCC.NC=O. The summed E-state index contributed by atoms with van der Waals surface area (Å²) in [5.41, 5.74) is 4.17. The van der Waals surface area contributed by atoms with E-state index in [1.807, 2.05) is 0 Å². The van der Waals surface area contributed by atoms with Crippen LogP contribution in [-0.4, -0.2) is 19.5 Å². The Morgan fingerprint density at radius 1 is 1.40 bits per heavy atom. The number of amides is 1. The Morgan fingerprint density at radius 3 is 1.60 bits per heavy atom. The summed E-state index contributed by atoms with van der Waals surface area (Å²) in [7, 11) is 0. The van der Waals surface area contributed by atoms with Crippen molar-refractivity contribution in [3.05, 3.63) is 0 Å². The van der Waals surface area contributed by atoms with Crippen molar-refractivity contribution in [1.29, 1.82) is 0 Å². The van der Waals surface area contributed by atoms with Crippen LogP contribution in [0.3, 0.4) is 0 Å². The highest BCUT2D eigenvalue weighted by Gasteiger charge is 1.62. The van der Waals surface area contributed by atoms with Gasteiger partial charge in [0.25, 0.3) is 0 Å². The van der Waals surface area contributed by atoms with Crippen molar-refractivity contribution >= 4 is 6.41 Å². The molecule has 0 aliphatic carbocycles. The van der Waals surface area contributed by atoms with Gasteiger partial charge < -0.3 is 11.1 Å². The molecule has 1 amide bonds. The lowest BCUT2D eigenvalue weighted by Crippen LogP contribution is -2.09. The number of nitrogens with two attached hydrogens (primary N) is 1. The molecule has 0 saturated heterocycles. The van der Waals surface area contributed by atoms with Crippen molar-refractivity contribution in [1.82, 2.24) is 5.32 Å². The lowest BCUT2D eigenvalue weighted by atomic mass is 10.7. The van der Waals surface area contributed by atoms with E-state index < -0.39 is 0 Å². The van der Waals surface area contributed by atoms with E-state index in [1.165, 1.54) is 0 Å². The molecular weight excluding hydrogens is 128 g/mol. The van der Waals surface area contributed by atoms with Crippen molar-refractivity contribution in [2.75, 3.05) is 13.1 Å². The second kappa shape index (κ2) is 43.7. The summed E-state index contributed by atoms with van der Waals surface area (Å²) in [6, 6.07) is 0. The predicted molar refractivity (Wildman–Crippen MR) is 44.4 cm³/mol. The molecule has 0 rings (SSSR count). The molecule has 0 fully saturated rings. The molecule has 60 valence electrons. The molecule has 0 aromatic heterocycles. The average molecular weight is 144 g/mol. The Kier molecular flexibility index (Phi) is 69.8. The molecule has 0 bridgehead atoms. The number of hydrogen-bond acceptors (Lipinski definition) is 2. The van der Waals surface area contributed by atoms with Crippen LogP contribution in [0.5, 0.6) is 0 Å². The van der Waals surface area contributed by atoms with Crippen LogP contribution in [0, 0.1) is 12.8 Å². The van der Waals surface area contributed by atoms with Gasteiger partial charge in [-0.15, -0.1) is 12.8 Å². The number of terminal acetylenes is 1. The smallest absolute Gasteiger partial charge is 0.204 e. The first-order valence-electron chi connectivity index (χ1n) is 3.02. The molecule has 0 unspecified atom stereocenters. The second-order valence-electron chi connectivity index (χ2n) is 1.09. The molecule has 0 aliphatic rings. The summed E-state index contributed by atoms with van der Waals surface area (Å²) in [6.07, 6.45) is 8.25. The zero-order valence-electron chi connectivity index (χ0n) is 6.63. The van der Waals surface area contributed by atoms with Crippen LogP contribution in [0.1, 0.15) is 13.8 Å². The number of hydrogen-bond donors (Lipinski definition) is 2. The van der Waals surface area contributed by atoms with Crippen LogP contribution in [-0.2, 0) is 4.79 Å². The van der Waals surface area contributed by atoms with E-state index in [2.05, 4.69) is 37.7 Å². The summed E-state index contributed by atoms with van der Waals surface area (Å²) < 4.78 is 0. The maximum Gasteiger partial charge on any atom is 0.204 e. The Labute approximate surface area is 63.0 Å². The van der Waals surface area contributed by atoms with Crippen molar-refractivity contribution in [2.24, 2.45) is 5.73 Å². The highest BCUT2D eigenvalue weighted by Crippen LogP contribution is 1.47. The van der Waals surface area contributed by atoms with E-state index in [9.17, 15) is 0 Å². The topological polar surface area (TPSA) is 55.1 Å². The van der Waals surface area contributed by atoms with E-state index >= 15 is 0 Å². The van der Waals surface area contributed by atoms with Gasteiger partial charge >= 0.3 is 0 Å². The molecular formula is C7H16N2O. The monoisotopic (exact) mass is 144 g/mol. The third-order valence-electron chi connectivity index (χ3n) is 0.500. The highest BCUT2D eigenvalue weighted by molar-refractivity contribution is 5.42. The number of carbonyl (C=O) groups excluding carboxylic acids is 1. The molecule has 0 aromatic rings. The molecule has 3 N–H and O–H groups in total. The molecule has 0 spiro atoms. The molecule has 10 heavy (non-hydrogen) atoms. The average Bonchev–Trinajstić information content (AvgIpc) is 1.96. The number of primary amides is 1. The lowest BCUT2D eigenvalue weighted by molar-refractivity contribution is -0.106. The van der Waals surface area contributed by atoms with Crippen LogP contribution in [0.4, 0.5) is 0 Å². The zero-order chi connectivity index (χ0) is 8.83. The van der Waals surface area contributed by atoms with E-state index in [1.54, 1.807) is 0 Å². The Balaban J connectivity index is -0.0000000847. The number of rotatable bonds is 2. The van der Waals surface area contributed by atoms with Gasteiger partial charge in [0, 0.05) is 0 Å². The van der Waals surface area contributed by atoms with Crippen molar-refractivity contribution in [2.45, 2.75) is 13.8 Å². The molecule has 3 heteroatoms. The number of nitrogens with one attached hydrogen (secondary N) is 1. The standard InChI is InChI=1S/C4H11N.C2H2.CH3NO/c1-3-5-4-2;1-2;2-1-3/h5H,3-4H2,1-2H3;1-2H;1H,(H2,2,3). The molecule has 0 heterocycles. The third kappa shape index (κ3) is 256. The van der Waals surface area contributed by atoms with Gasteiger partial charge in [-0.2, -0.15) is 0 Å². The van der Waals surface area contributed by atoms with Gasteiger partial charge in [0.2, 0.25) is 6.41 Å². The van der Waals surface area contributed by atoms with E-state index in [0.717, 1.165) is 13.1 Å². The Hall–Kier alpha value is -1.01. The Bertz CT molecular complexity index is 59.9. The summed E-state index contributed by atoms with van der Waals surface area (Å²) in [5, 5.41) is 3.11.